The third-order valence-corrected chi connectivity index (χ3v) is 4.88. The zero-order valence-electron chi connectivity index (χ0n) is 15.2. The first kappa shape index (κ1) is 18.2. The van der Waals surface area contributed by atoms with Gasteiger partial charge in [-0.05, 0) is 29.3 Å². The lowest BCUT2D eigenvalue weighted by Gasteiger charge is -2.29. The number of carbonyl (C=O) groups is 1. The third-order valence-electron chi connectivity index (χ3n) is 4.88. The zero-order valence-corrected chi connectivity index (χ0v) is 15.2. The molecule has 4 rings (SSSR count). The standard InChI is InChI=1S/C24H14FN3O/c25-19-11-12-21-20(13-19)22(18(14-26)15-27)24(29)28(21)23(16-7-3-1-4-8-16)17-9-5-2-6-10-17/h1-13,23H. The minimum absolute atomic E-state index is 0.0682. The molecule has 1 heterocycles. The molecule has 0 saturated carbocycles. The van der Waals surface area contributed by atoms with Crippen LogP contribution in [0, 0.1) is 28.5 Å². The maximum absolute atomic E-state index is 14.0. The number of halogens is 1. The molecule has 1 amide bonds. The van der Waals surface area contributed by atoms with Crippen LogP contribution in [0.2, 0.25) is 0 Å². The van der Waals surface area contributed by atoms with Gasteiger partial charge in [-0.2, -0.15) is 10.5 Å². The Balaban J connectivity index is 2.00. The molecule has 0 atom stereocenters. The van der Waals surface area contributed by atoms with Gasteiger partial charge in [-0.3, -0.25) is 9.69 Å². The molecular formula is C24H14FN3O. The summed E-state index contributed by atoms with van der Waals surface area (Å²) >= 11 is 0. The van der Waals surface area contributed by atoms with E-state index in [4.69, 9.17) is 0 Å². The summed E-state index contributed by atoms with van der Waals surface area (Å²) in [5.41, 5.74) is 2.04. The summed E-state index contributed by atoms with van der Waals surface area (Å²) in [5, 5.41) is 18.7. The van der Waals surface area contributed by atoms with Crippen molar-refractivity contribution < 1.29 is 9.18 Å². The Morgan fingerprint density at radius 3 is 1.93 bits per heavy atom. The van der Waals surface area contributed by atoms with Crippen molar-refractivity contribution in [2.45, 2.75) is 6.04 Å². The van der Waals surface area contributed by atoms with Crippen molar-refractivity contribution in [1.82, 2.24) is 0 Å². The van der Waals surface area contributed by atoms with E-state index in [0.29, 0.717) is 5.69 Å². The molecule has 138 valence electrons. The predicted octanol–water partition coefficient (Wildman–Crippen LogP) is 4.76. The van der Waals surface area contributed by atoms with Crippen molar-refractivity contribution in [3.05, 3.63) is 107 Å². The van der Waals surface area contributed by atoms with E-state index in [9.17, 15) is 19.7 Å². The lowest BCUT2D eigenvalue weighted by Crippen LogP contribution is -2.32. The van der Waals surface area contributed by atoms with Gasteiger partial charge in [0.1, 0.15) is 23.5 Å². The molecule has 0 aromatic heterocycles. The van der Waals surface area contributed by atoms with Gasteiger partial charge >= 0.3 is 0 Å². The van der Waals surface area contributed by atoms with Crippen LogP contribution < -0.4 is 4.90 Å². The van der Waals surface area contributed by atoms with Crippen LogP contribution in [0.1, 0.15) is 22.7 Å². The highest BCUT2D eigenvalue weighted by atomic mass is 19.1. The molecule has 0 radical (unpaired) electrons. The molecule has 0 aliphatic carbocycles. The normalized spacial score (nSPS) is 12.5. The predicted molar refractivity (Wildman–Crippen MR) is 107 cm³/mol. The zero-order chi connectivity index (χ0) is 20.4. The second-order valence-corrected chi connectivity index (χ2v) is 6.53. The van der Waals surface area contributed by atoms with Crippen molar-refractivity contribution in [2.75, 3.05) is 4.90 Å². The number of carbonyl (C=O) groups excluding carboxylic acids is 1. The van der Waals surface area contributed by atoms with Gasteiger partial charge in [-0.25, -0.2) is 4.39 Å². The van der Waals surface area contributed by atoms with E-state index in [2.05, 4.69) is 0 Å². The summed E-state index contributed by atoms with van der Waals surface area (Å²) in [6.45, 7) is 0. The summed E-state index contributed by atoms with van der Waals surface area (Å²) in [6, 6.07) is 26.0. The molecule has 29 heavy (non-hydrogen) atoms. The van der Waals surface area contributed by atoms with Gasteiger partial charge in [0.25, 0.3) is 5.91 Å². The molecule has 0 saturated heterocycles. The lowest BCUT2D eigenvalue weighted by molar-refractivity contribution is -0.113. The van der Waals surface area contributed by atoms with Gasteiger partial charge < -0.3 is 0 Å². The topological polar surface area (TPSA) is 67.9 Å². The molecule has 3 aromatic carbocycles. The number of anilines is 1. The van der Waals surface area contributed by atoms with E-state index >= 15 is 0 Å². The minimum atomic E-state index is -0.540. The molecule has 0 N–H and O–H groups in total. The average molecular weight is 379 g/mol. The minimum Gasteiger partial charge on any atom is -0.296 e. The lowest BCUT2D eigenvalue weighted by atomic mass is 9.97. The molecule has 0 fully saturated rings. The van der Waals surface area contributed by atoms with Crippen molar-refractivity contribution in [1.29, 1.82) is 10.5 Å². The van der Waals surface area contributed by atoms with Crippen molar-refractivity contribution in [3.8, 4) is 12.1 Å². The van der Waals surface area contributed by atoms with Crippen LogP contribution in [0.15, 0.2) is 84.4 Å². The van der Waals surface area contributed by atoms with Crippen LogP contribution in [0.3, 0.4) is 0 Å². The van der Waals surface area contributed by atoms with Crippen molar-refractivity contribution >= 4 is 17.2 Å². The quantitative estimate of drug-likeness (QED) is 0.487. The first-order valence-corrected chi connectivity index (χ1v) is 8.93. The summed E-state index contributed by atoms with van der Waals surface area (Å²) in [5.74, 6) is -1.04. The van der Waals surface area contributed by atoms with Gasteiger partial charge in [-0.15, -0.1) is 0 Å². The number of hydrogen-bond donors (Lipinski definition) is 0. The van der Waals surface area contributed by atoms with E-state index in [1.807, 2.05) is 60.7 Å². The molecule has 1 aliphatic heterocycles. The van der Waals surface area contributed by atoms with E-state index in [1.54, 1.807) is 12.1 Å². The van der Waals surface area contributed by atoms with E-state index in [-0.39, 0.29) is 16.7 Å². The maximum Gasteiger partial charge on any atom is 0.261 e. The van der Waals surface area contributed by atoms with E-state index < -0.39 is 17.8 Å². The largest absolute Gasteiger partial charge is 0.296 e. The molecule has 0 bridgehead atoms. The first-order valence-electron chi connectivity index (χ1n) is 8.93. The van der Waals surface area contributed by atoms with Crippen LogP contribution in [0.25, 0.3) is 5.57 Å². The Morgan fingerprint density at radius 1 is 0.862 bits per heavy atom. The average Bonchev–Trinajstić information content (AvgIpc) is 3.03. The summed E-state index contributed by atoms with van der Waals surface area (Å²) in [7, 11) is 0. The Kier molecular flexibility index (Phi) is 4.65. The van der Waals surface area contributed by atoms with Crippen LogP contribution in [-0.4, -0.2) is 5.91 Å². The number of allylic oxidation sites excluding steroid dienone is 1. The van der Waals surface area contributed by atoms with Gasteiger partial charge in [-0.1, -0.05) is 60.7 Å². The molecule has 3 aromatic rings. The van der Waals surface area contributed by atoms with Gasteiger partial charge in [0, 0.05) is 5.56 Å². The Labute approximate surface area is 167 Å². The molecule has 1 aliphatic rings. The Morgan fingerprint density at radius 2 is 1.41 bits per heavy atom. The van der Waals surface area contributed by atoms with Crippen LogP contribution in [0.4, 0.5) is 10.1 Å². The van der Waals surface area contributed by atoms with Gasteiger partial charge in [0.05, 0.1) is 17.3 Å². The fourth-order valence-electron chi connectivity index (χ4n) is 3.66. The van der Waals surface area contributed by atoms with E-state index in [0.717, 1.165) is 11.1 Å². The van der Waals surface area contributed by atoms with Crippen LogP contribution in [0.5, 0.6) is 0 Å². The third kappa shape index (κ3) is 3.05. The maximum atomic E-state index is 14.0. The molecule has 4 nitrogen and oxygen atoms in total. The number of fused-ring (bicyclic) bond motifs is 1. The number of nitrogens with zero attached hydrogens (tertiary/aromatic N) is 3. The Bertz CT molecular complexity index is 1150. The monoisotopic (exact) mass is 379 g/mol. The smallest absolute Gasteiger partial charge is 0.261 e. The van der Waals surface area contributed by atoms with Crippen LogP contribution in [-0.2, 0) is 4.79 Å². The number of hydrogen-bond acceptors (Lipinski definition) is 3. The summed E-state index contributed by atoms with van der Waals surface area (Å²) < 4.78 is 14.0. The van der Waals surface area contributed by atoms with Gasteiger partial charge in [0.15, 0.2) is 0 Å². The van der Waals surface area contributed by atoms with E-state index in [1.165, 1.54) is 23.1 Å². The number of benzene rings is 3. The molecule has 0 spiro atoms. The first-order chi connectivity index (χ1) is 14.2. The molecular weight excluding hydrogens is 365 g/mol. The Hall–Kier alpha value is -4.22. The van der Waals surface area contributed by atoms with Crippen molar-refractivity contribution in [2.24, 2.45) is 0 Å². The van der Waals surface area contributed by atoms with Crippen molar-refractivity contribution in [3.63, 3.8) is 0 Å². The highest BCUT2D eigenvalue weighted by molar-refractivity contribution is 6.34. The highest BCUT2D eigenvalue weighted by Crippen LogP contribution is 2.45. The van der Waals surface area contributed by atoms with Crippen LogP contribution >= 0.6 is 0 Å². The summed E-state index contributed by atoms with van der Waals surface area (Å²) in [6.07, 6.45) is 0. The summed E-state index contributed by atoms with van der Waals surface area (Å²) in [4.78, 5) is 15.0. The second-order valence-electron chi connectivity index (χ2n) is 6.53. The second kappa shape index (κ2) is 7.42. The fourth-order valence-corrected chi connectivity index (χ4v) is 3.66. The number of amides is 1. The fraction of sp³-hybridized carbons (Fsp3) is 0.0417. The molecule has 5 heteroatoms. The van der Waals surface area contributed by atoms with Gasteiger partial charge in [0.2, 0.25) is 0 Å². The number of rotatable bonds is 3. The highest BCUT2D eigenvalue weighted by Gasteiger charge is 2.40. The molecule has 0 unspecified atom stereocenters. The number of nitriles is 2. The SMILES string of the molecule is N#CC(C#N)=C1C(=O)N(C(c2ccccc2)c2ccccc2)c2ccc(F)cc21.